The van der Waals surface area contributed by atoms with Gasteiger partial charge in [-0.3, -0.25) is 13.9 Å². The second-order valence-electron chi connectivity index (χ2n) is 4.28. The van der Waals surface area contributed by atoms with E-state index in [0.29, 0.717) is 5.69 Å². The minimum atomic E-state index is -5.09. The monoisotopic (exact) mass is 323 g/mol. The Morgan fingerprint density at radius 2 is 1.55 bits per heavy atom. The Balaban J connectivity index is 2.80. The van der Waals surface area contributed by atoms with E-state index in [4.69, 9.17) is 19.6 Å². The molecule has 5 N–H and O–H groups in total. The third-order valence-electron chi connectivity index (χ3n) is 2.48. The van der Waals surface area contributed by atoms with Crippen molar-refractivity contribution in [2.75, 3.05) is 5.32 Å². The molecule has 1 amide bonds. The van der Waals surface area contributed by atoms with Crippen LogP contribution in [0.25, 0.3) is 0 Å². The summed E-state index contributed by atoms with van der Waals surface area (Å²) in [5.74, 6) is -0.884. The minimum absolute atomic E-state index is 0.371. The van der Waals surface area contributed by atoms with Gasteiger partial charge in [-0.2, -0.15) is 0 Å². The van der Waals surface area contributed by atoms with Gasteiger partial charge < -0.3 is 24.9 Å². The van der Waals surface area contributed by atoms with Crippen molar-refractivity contribution < 1.29 is 33.5 Å². The Morgan fingerprint density at radius 1 is 1.10 bits per heavy atom. The Hall–Kier alpha value is -1.01. The van der Waals surface area contributed by atoms with E-state index in [1.807, 2.05) is 6.92 Å². The summed E-state index contributed by atoms with van der Waals surface area (Å²) in [4.78, 5) is 47.2. The van der Waals surface area contributed by atoms with Crippen LogP contribution in [0.4, 0.5) is 5.69 Å². The smallest absolute Gasteiger partial charge is 0.326 e. The molecule has 8 nitrogen and oxygen atoms in total. The zero-order chi connectivity index (χ0) is 15.6. The number of amides is 1. The fourth-order valence-electron chi connectivity index (χ4n) is 1.45. The maximum absolute atomic E-state index is 11.6. The summed E-state index contributed by atoms with van der Waals surface area (Å²) in [5.41, 5.74) is 1.32. The van der Waals surface area contributed by atoms with Gasteiger partial charge in [0.05, 0.1) is 6.42 Å². The Morgan fingerprint density at radius 3 is 1.95 bits per heavy atom. The van der Waals surface area contributed by atoms with Gasteiger partial charge in [0, 0.05) is 5.69 Å². The standard InChI is InChI=1S/C10H15NO7P2/c1-7-2-4-8(5-3-7)11-9(12)6-10(19(13,14)15)20(16,17)18/h2-5,10H,6H2,1H3,(H,11,12)(H2,13,14,15)(H2,16,17,18). The summed E-state index contributed by atoms with van der Waals surface area (Å²) >= 11 is 0. The van der Waals surface area contributed by atoms with Crippen LogP contribution in [0.1, 0.15) is 12.0 Å². The van der Waals surface area contributed by atoms with Gasteiger partial charge in [0.1, 0.15) is 0 Å². The average molecular weight is 323 g/mol. The Bertz CT molecular complexity index is 552. The molecule has 0 aliphatic rings. The molecule has 0 fully saturated rings. The van der Waals surface area contributed by atoms with Gasteiger partial charge in [0.2, 0.25) is 5.91 Å². The van der Waals surface area contributed by atoms with Crippen LogP contribution in [-0.4, -0.2) is 30.9 Å². The molecule has 0 saturated heterocycles. The molecule has 1 rings (SSSR count). The quantitative estimate of drug-likeness (QED) is 0.508. The van der Waals surface area contributed by atoms with E-state index in [9.17, 15) is 13.9 Å². The van der Waals surface area contributed by atoms with Gasteiger partial charge in [-0.25, -0.2) is 0 Å². The first-order valence-electron chi connectivity index (χ1n) is 5.47. The van der Waals surface area contributed by atoms with Gasteiger partial charge in [0.25, 0.3) is 0 Å². The fourth-order valence-corrected chi connectivity index (χ4v) is 3.82. The molecule has 0 aliphatic heterocycles. The van der Waals surface area contributed by atoms with Crippen molar-refractivity contribution in [1.29, 1.82) is 0 Å². The van der Waals surface area contributed by atoms with Gasteiger partial charge in [-0.15, -0.1) is 0 Å². The zero-order valence-corrected chi connectivity index (χ0v) is 12.3. The van der Waals surface area contributed by atoms with Crippen molar-refractivity contribution in [2.45, 2.75) is 18.7 Å². The average Bonchev–Trinajstić information content (AvgIpc) is 2.26. The van der Waals surface area contributed by atoms with E-state index in [1.54, 1.807) is 24.3 Å². The molecule has 20 heavy (non-hydrogen) atoms. The molecule has 112 valence electrons. The van der Waals surface area contributed by atoms with Crippen LogP contribution >= 0.6 is 15.2 Å². The molecule has 10 heteroatoms. The predicted octanol–water partition coefficient (Wildman–Crippen LogP) is 1.01. The van der Waals surface area contributed by atoms with Crippen molar-refractivity contribution >= 4 is 26.8 Å². The lowest BCUT2D eigenvalue weighted by Gasteiger charge is -2.19. The number of carbonyl (C=O) groups is 1. The molecule has 0 unspecified atom stereocenters. The number of benzene rings is 1. The van der Waals surface area contributed by atoms with Crippen LogP contribution < -0.4 is 5.32 Å². The van der Waals surface area contributed by atoms with Crippen LogP contribution in [0.15, 0.2) is 24.3 Å². The molecule has 0 atom stereocenters. The van der Waals surface area contributed by atoms with Gasteiger partial charge >= 0.3 is 15.2 Å². The van der Waals surface area contributed by atoms with Crippen molar-refractivity contribution in [3.05, 3.63) is 29.8 Å². The van der Waals surface area contributed by atoms with Crippen molar-refractivity contribution in [3.8, 4) is 0 Å². The van der Waals surface area contributed by atoms with Gasteiger partial charge in [-0.1, -0.05) is 17.7 Å². The molecule has 0 spiro atoms. The topological polar surface area (TPSA) is 144 Å². The van der Waals surface area contributed by atoms with Crippen molar-refractivity contribution in [2.24, 2.45) is 0 Å². The van der Waals surface area contributed by atoms with Crippen LogP contribution in [0.5, 0.6) is 0 Å². The minimum Gasteiger partial charge on any atom is -0.326 e. The van der Waals surface area contributed by atoms with E-state index in [0.717, 1.165) is 5.56 Å². The summed E-state index contributed by atoms with van der Waals surface area (Å²) in [5, 5.41) is -0.0147. The first-order valence-corrected chi connectivity index (χ1v) is 8.83. The maximum atomic E-state index is 11.6. The molecular formula is C10H15NO7P2. The first-order chi connectivity index (χ1) is 9.00. The summed E-state index contributed by atoms with van der Waals surface area (Å²) < 4.78 is 22.1. The molecule has 0 aliphatic carbocycles. The van der Waals surface area contributed by atoms with E-state index in [1.165, 1.54) is 0 Å². The van der Waals surface area contributed by atoms with Crippen molar-refractivity contribution in [3.63, 3.8) is 0 Å². The molecule has 1 aromatic carbocycles. The van der Waals surface area contributed by atoms with E-state index < -0.39 is 32.9 Å². The third-order valence-corrected chi connectivity index (χ3v) is 6.20. The Labute approximate surface area is 115 Å². The number of carbonyl (C=O) groups excluding carboxylic acids is 1. The predicted molar refractivity (Wildman–Crippen MR) is 72.3 cm³/mol. The number of nitrogens with one attached hydrogen (secondary N) is 1. The summed E-state index contributed by atoms with van der Waals surface area (Å²) in [7, 11) is -10.2. The number of hydrogen-bond acceptors (Lipinski definition) is 3. The lowest BCUT2D eigenvalue weighted by Crippen LogP contribution is -2.20. The normalized spacial score (nSPS) is 12.5. The third kappa shape index (κ3) is 5.17. The maximum Gasteiger partial charge on any atom is 0.341 e. The van der Waals surface area contributed by atoms with Crippen molar-refractivity contribution in [1.82, 2.24) is 0 Å². The second-order valence-corrected chi connectivity index (χ2v) is 8.29. The van der Waals surface area contributed by atoms with Crippen LogP contribution in [0, 0.1) is 6.92 Å². The van der Waals surface area contributed by atoms with E-state index in [2.05, 4.69) is 5.32 Å². The first kappa shape index (κ1) is 17.0. The second kappa shape index (κ2) is 6.18. The summed E-state index contributed by atoms with van der Waals surface area (Å²) in [6.45, 7) is 1.84. The molecule has 0 aromatic heterocycles. The summed E-state index contributed by atoms with van der Waals surface area (Å²) in [6, 6.07) is 6.55. The molecule has 0 saturated carbocycles. The van der Waals surface area contributed by atoms with Crippen LogP contribution in [0.2, 0.25) is 0 Å². The fraction of sp³-hybridized carbons (Fsp3) is 0.300. The van der Waals surface area contributed by atoms with Gasteiger partial charge in [-0.05, 0) is 19.1 Å². The molecule has 0 bridgehead atoms. The highest BCUT2D eigenvalue weighted by atomic mass is 31.2. The SMILES string of the molecule is Cc1ccc(NC(=O)CC(P(=O)(O)O)P(=O)(O)O)cc1. The zero-order valence-electron chi connectivity index (χ0n) is 10.5. The number of rotatable bonds is 5. The molecule has 1 aromatic rings. The highest BCUT2D eigenvalue weighted by Gasteiger charge is 2.44. The Kier molecular flexibility index (Phi) is 5.27. The summed E-state index contributed by atoms with van der Waals surface area (Å²) in [6.07, 6.45) is -0.970. The lowest BCUT2D eigenvalue weighted by atomic mass is 10.2. The van der Waals surface area contributed by atoms with E-state index in [-0.39, 0.29) is 0 Å². The number of aryl methyl sites for hydroxylation is 1. The van der Waals surface area contributed by atoms with Gasteiger partial charge in [0.15, 0.2) is 5.40 Å². The molecular weight excluding hydrogens is 308 g/mol. The van der Waals surface area contributed by atoms with Crippen LogP contribution in [-0.2, 0) is 13.9 Å². The largest absolute Gasteiger partial charge is 0.341 e. The number of hydrogen-bond donors (Lipinski definition) is 5. The molecule has 0 radical (unpaired) electrons. The molecule has 0 heterocycles. The highest BCUT2D eigenvalue weighted by molar-refractivity contribution is 7.70. The van der Waals surface area contributed by atoms with E-state index >= 15 is 0 Å². The number of anilines is 1. The lowest BCUT2D eigenvalue weighted by molar-refractivity contribution is -0.116. The highest BCUT2D eigenvalue weighted by Crippen LogP contribution is 2.61. The van der Waals surface area contributed by atoms with Crippen LogP contribution in [0.3, 0.4) is 0 Å².